The summed E-state index contributed by atoms with van der Waals surface area (Å²) in [6.07, 6.45) is 1.09. The van der Waals surface area contributed by atoms with Crippen LogP contribution in [0.4, 0.5) is 10.5 Å². The fourth-order valence-electron chi connectivity index (χ4n) is 3.51. The first-order chi connectivity index (χ1) is 13.4. The number of nitrogens with one attached hydrogen (secondary N) is 2. The van der Waals surface area contributed by atoms with Crippen LogP contribution in [0.25, 0.3) is 0 Å². The average Bonchev–Trinajstić information content (AvgIpc) is 3.15. The van der Waals surface area contributed by atoms with Gasteiger partial charge in [-0.1, -0.05) is 29.8 Å². The number of hydrazone groups is 1. The number of carbonyl (C=O) groups excluding carboxylic acids is 2. The highest BCUT2D eigenvalue weighted by molar-refractivity contribution is 6.03. The fraction of sp³-hybridized carbons (Fsp3) is 0.318. The van der Waals surface area contributed by atoms with E-state index in [0.29, 0.717) is 18.7 Å². The smallest absolute Gasteiger partial charge is 0.318 e. The second-order valence-corrected chi connectivity index (χ2v) is 7.15. The Morgan fingerprint density at radius 2 is 1.71 bits per heavy atom. The van der Waals surface area contributed by atoms with Gasteiger partial charge in [-0.05, 0) is 55.2 Å². The van der Waals surface area contributed by atoms with E-state index in [4.69, 9.17) is 0 Å². The Bertz CT molecular complexity index is 909. The second-order valence-electron chi connectivity index (χ2n) is 7.15. The minimum absolute atomic E-state index is 0.0166. The van der Waals surface area contributed by atoms with E-state index in [0.717, 1.165) is 34.4 Å². The molecule has 0 aliphatic carbocycles. The maximum atomic E-state index is 12.8. The molecule has 0 atom stereocenters. The molecule has 28 heavy (non-hydrogen) atoms. The Hall–Kier alpha value is -3.15. The zero-order valence-corrected chi connectivity index (χ0v) is 16.8. The molecular weight excluding hydrogens is 352 g/mol. The average molecular weight is 378 g/mol. The molecule has 0 radical (unpaired) electrons. The molecule has 146 valence electrons. The third-order valence-electron chi connectivity index (χ3n) is 4.96. The molecule has 0 saturated carbocycles. The summed E-state index contributed by atoms with van der Waals surface area (Å²) in [4.78, 5) is 24.1. The molecule has 2 N–H and O–H groups in total. The molecule has 2 aromatic rings. The molecule has 6 nitrogen and oxygen atoms in total. The number of aryl methyl sites for hydroxylation is 3. The van der Waals surface area contributed by atoms with Gasteiger partial charge in [0.15, 0.2) is 0 Å². The first kappa shape index (κ1) is 19.6. The molecule has 3 amide bonds. The topological polar surface area (TPSA) is 73.8 Å². The van der Waals surface area contributed by atoms with E-state index in [1.54, 1.807) is 12.1 Å². The highest BCUT2D eigenvalue weighted by Gasteiger charge is 2.22. The highest BCUT2D eigenvalue weighted by atomic mass is 16.2. The third-order valence-corrected chi connectivity index (χ3v) is 4.96. The van der Waals surface area contributed by atoms with Gasteiger partial charge >= 0.3 is 6.03 Å². The van der Waals surface area contributed by atoms with Gasteiger partial charge in [0.05, 0.1) is 18.7 Å². The number of anilines is 1. The Labute approximate surface area is 165 Å². The predicted molar refractivity (Wildman–Crippen MR) is 112 cm³/mol. The van der Waals surface area contributed by atoms with Crippen LogP contribution in [-0.4, -0.2) is 36.3 Å². The number of hydrogen-bond donors (Lipinski definition) is 2. The van der Waals surface area contributed by atoms with Gasteiger partial charge in [-0.15, -0.1) is 0 Å². The van der Waals surface area contributed by atoms with Gasteiger partial charge in [0.1, 0.15) is 0 Å². The Morgan fingerprint density at radius 1 is 1.07 bits per heavy atom. The van der Waals surface area contributed by atoms with Crippen molar-refractivity contribution in [3.8, 4) is 0 Å². The van der Waals surface area contributed by atoms with E-state index in [1.165, 1.54) is 5.56 Å². The van der Waals surface area contributed by atoms with Crippen molar-refractivity contribution in [3.63, 3.8) is 0 Å². The number of urea groups is 1. The lowest BCUT2D eigenvalue weighted by Crippen LogP contribution is -2.25. The maximum Gasteiger partial charge on any atom is 0.318 e. The van der Waals surface area contributed by atoms with E-state index in [9.17, 15) is 9.59 Å². The fourth-order valence-corrected chi connectivity index (χ4v) is 3.51. The van der Waals surface area contributed by atoms with Crippen molar-refractivity contribution in [2.24, 2.45) is 5.10 Å². The van der Waals surface area contributed by atoms with Crippen molar-refractivity contribution in [2.75, 3.05) is 18.9 Å². The first-order valence-electron chi connectivity index (χ1n) is 9.41. The van der Waals surface area contributed by atoms with Crippen molar-refractivity contribution in [2.45, 2.75) is 33.6 Å². The van der Waals surface area contributed by atoms with E-state index in [1.807, 2.05) is 24.3 Å². The molecule has 0 aromatic heterocycles. The minimum atomic E-state index is -0.260. The SMILES string of the molecule is CNC(=O)Nc1ccc(C2=NN(C(=O)Cc3c(C)cc(C)cc3C)CC2)cc1. The molecular formula is C22H26N4O2. The standard InChI is InChI=1S/C22H26N4O2/c1-14-11-15(2)19(16(3)12-14)13-21(27)26-10-9-20(25-26)17-5-7-18(8-6-17)24-22(28)23-4/h5-8,11-12H,9-10,13H2,1-4H3,(H2,23,24,28). The van der Waals surface area contributed by atoms with Crippen molar-refractivity contribution >= 4 is 23.3 Å². The number of benzene rings is 2. The molecule has 6 heteroatoms. The number of hydrogen-bond acceptors (Lipinski definition) is 3. The summed E-state index contributed by atoms with van der Waals surface area (Å²) in [5, 5.41) is 11.4. The summed E-state index contributed by atoms with van der Waals surface area (Å²) in [6, 6.07) is 11.4. The summed E-state index contributed by atoms with van der Waals surface area (Å²) < 4.78 is 0. The van der Waals surface area contributed by atoms with Crippen LogP contribution in [0.3, 0.4) is 0 Å². The number of rotatable bonds is 4. The lowest BCUT2D eigenvalue weighted by atomic mass is 9.97. The number of amides is 3. The Kier molecular flexibility index (Phi) is 5.78. The summed E-state index contributed by atoms with van der Waals surface area (Å²) in [5.41, 5.74) is 7.14. The van der Waals surface area contributed by atoms with Gasteiger partial charge in [0, 0.05) is 19.2 Å². The lowest BCUT2D eigenvalue weighted by molar-refractivity contribution is -0.130. The summed E-state index contributed by atoms with van der Waals surface area (Å²) in [5.74, 6) is 0.0166. The number of nitrogens with zero attached hydrogens (tertiary/aromatic N) is 2. The van der Waals surface area contributed by atoms with Crippen LogP contribution in [-0.2, 0) is 11.2 Å². The molecule has 0 saturated heterocycles. The van der Waals surface area contributed by atoms with Gasteiger partial charge in [-0.3, -0.25) is 4.79 Å². The van der Waals surface area contributed by atoms with Gasteiger partial charge in [0.2, 0.25) is 5.91 Å². The van der Waals surface area contributed by atoms with E-state index in [-0.39, 0.29) is 11.9 Å². The summed E-state index contributed by atoms with van der Waals surface area (Å²) >= 11 is 0. The normalized spacial score (nSPS) is 13.3. The monoisotopic (exact) mass is 378 g/mol. The third kappa shape index (κ3) is 4.39. The van der Waals surface area contributed by atoms with Crippen LogP contribution in [0.15, 0.2) is 41.5 Å². The molecule has 0 unspecified atom stereocenters. The van der Waals surface area contributed by atoms with Crippen LogP contribution in [0, 0.1) is 20.8 Å². The van der Waals surface area contributed by atoms with Crippen LogP contribution in [0.1, 0.15) is 34.2 Å². The van der Waals surface area contributed by atoms with Crippen molar-refractivity contribution in [1.29, 1.82) is 0 Å². The lowest BCUT2D eigenvalue weighted by Gasteiger charge is -2.15. The zero-order valence-electron chi connectivity index (χ0n) is 16.8. The maximum absolute atomic E-state index is 12.8. The quantitative estimate of drug-likeness (QED) is 0.854. The van der Waals surface area contributed by atoms with E-state index >= 15 is 0 Å². The van der Waals surface area contributed by atoms with Gasteiger partial charge in [0.25, 0.3) is 0 Å². The molecule has 2 aromatic carbocycles. The Balaban J connectivity index is 1.69. The zero-order chi connectivity index (χ0) is 20.3. The van der Waals surface area contributed by atoms with Gasteiger partial charge < -0.3 is 10.6 Å². The molecule has 0 spiro atoms. The van der Waals surface area contributed by atoms with Crippen LogP contribution in [0.5, 0.6) is 0 Å². The van der Waals surface area contributed by atoms with E-state index in [2.05, 4.69) is 48.6 Å². The number of carbonyl (C=O) groups is 2. The van der Waals surface area contributed by atoms with Gasteiger partial charge in [-0.25, -0.2) is 9.80 Å². The molecule has 1 heterocycles. The van der Waals surface area contributed by atoms with Crippen LogP contribution < -0.4 is 10.6 Å². The van der Waals surface area contributed by atoms with Crippen LogP contribution >= 0.6 is 0 Å². The van der Waals surface area contributed by atoms with Crippen molar-refractivity contribution < 1.29 is 9.59 Å². The van der Waals surface area contributed by atoms with Crippen LogP contribution in [0.2, 0.25) is 0 Å². The van der Waals surface area contributed by atoms with Crippen molar-refractivity contribution in [1.82, 2.24) is 10.3 Å². The molecule has 3 rings (SSSR count). The highest BCUT2D eigenvalue weighted by Crippen LogP contribution is 2.21. The molecule has 0 bridgehead atoms. The summed E-state index contributed by atoms with van der Waals surface area (Å²) in [6.45, 7) is 6.76. The largest absolute Gasteiger partial charge is 0.341 e. The summed E-state index contributed by atoms with van der Waals surface area (Å²) in [7, 11) is 1.57. The predicted octanol–water partition coefficient (Wildman–Crippen LogP) is 3.54. The molecule has 1 aliphatic heterocycles. The van der Waals surface area contributed by atoms with Crippen molar-refractivity contribution in [3.05, 3.63) is 64.2 Å². The first-order valence-corrected chi connectivity index (χ1v) is 9.41. The minimum Gasteiger partial charge on any atom is -0.341 e. The van der Waals surface area contributed by atoms with Gasteiger partial charge in [-0.2, -0.15) is 5.10 Å². The molecule has 0 fully saturated rings. The molecule has 1 aliphatic rings. The Morgan fingerprint density at radius 3 is 2.32 bits per heavy atom. The van der Waals surface area contributed by atoms with E-state index < -0.39 is 0 Å². The second kappa shape index (κ2) is 8.25.